The smallest absolute Gasteiger partial charge is 0.408 e. The lowest BCUT2D eigenvalue weighted by Gasteiger charge is -2.28. The van der Waals surface area contributed by atoms with Crippen molar-refractivity contribution in [1.29, 1.82) is 0 Å². The van der Waals surface area contributed by atoms with E-state index in [9.17, 15) is 14.7 Å². The number of hydrogen-bond donors (Lipinski definition) is 2. The lowest BCUT2D eigenvalue weighted by molar-refractivity contribution is -0.143. The van der Waals surface area contributed by atoms with Gasteiger partial charge in [-0.2, -0.15) is 11.8 Å². The first kappa shape index (κ1) is 19.8. The van der Waals surface area contributed by atoms with Gasteiger partial charge in [-0.1, -0.05) is 28.1 Å². The average molecular weight is 404 g/mol. The summed E-state index contributed by atoms with van der Waals surface area (Å²) in [5.74, 6) is -0.211. The highest BCUT2D eigenvalue weighted by Crippen LogP contribution is 2.21. The van der Waals surface area contributed by atoms with Gasteiger partial charge in [0.2, 0.25) is 0 Å². The van der Waals surface area contributed by atoms with Gasteiger partial charge in [0.25, 0.3) is 0 Å². The summed E-state index contributed by atoms with van der Waals surface area (Å²) < 4.78 is 6.11. The van der Waals surface area contributed by atoms with Gasteiger partial charge >= 0.3 is 12.1 Å². The third-order valence-electron chi connectivity index (χ3n) is 2.80. The molecule has 1 rings (SSSR count). The maximum Gasteiger partial charge on any atom is 0.408 e. The molecule has 0 bridgehead atoms. The molecule has 0 aromatic heterocycles. The number of carbonyl (C=O) groups is 2. The largest absolute Gasteiger partial charge is 0.479 e. The van der Waals surface area contributed by atoms with Crippen molar-refractivity contribution in [3.63, 3.8) is 0 Å². The number of ether oxygens (including phenoxy) is 1. The summed E-state index contributed by atoms with van der Waals surface area (Å²) >= 11 is 4.84. The van der Waals surface area contributed by atoms with Gasteiger partial charge in [0.05, 0.1) is 0 Å². The number of carbonyl (C=O) groups excluding carboxylic acids is 1. The van der Waals surface area contributed by atoms with Gasteiger partial charge in [0.15, 0.2) is 0 Å². The van der Waals surface area contributed by atoms with Crippen LogP contribution in [0.2, 0.25) is 0 Å². The summed E-state index contributed by atoms with van der Waals surface area (Å²) in [5.41, 5.74) is -0.985. The SMILES string of the molecule is CC(C)(C)OC(=O)N[C@@](C)(CSCc1cccc(Br)c1)C(=O)O. The van der Waals surface area contributed by atoms with Crippen molar-refractivity contribution in [3.8, 4) is 0 Å². The Labute approximate surface area is 149 Å². The highest BCUT2D eigenvalue weighted by atomic mass is 79.9. The zero-order valence-corrected chi connectivity index (χ0v) is 16.1. The standard InChI is InChI=1S/C16H22BrNO4S/c1-15(2,3)22-14(21)18-16(4,13(19)20)10-23-9-11-6-5-7-12(17)8-11/h5-8H,9-10H2,1-4H3,(H,18,21)(H,19,20)/t16-/m0/s1. The fraction of sp³-hybridized carbons (Fsp3) is 0.500. The number of thioether (sulfide) groups is 1. The molecule has 23 heavy (non-hydrogen) atoms. The molecule has 0 heterocycles. The van der Waals surface area contributed by atoms with E-state index in [0.717, 1.165) is 10.0 Å². The van der Waals surface area contributed by atoms with Crippen molar-refractivity contribution in [1.82, 2.24) is 5.32 Å². The van der Waals surface area contributed by atoms with Gasteiger partial charge in [-0.25, -0.2) is 9.59 Å². The molecule has 0 saturated heterocycles. The van der Waals surface area contributed by atoms with E-state index in [1.165, 1.54) is 18.7 Å². The fourth-order valence-electron chi connectivity index (χ4n) is 1.68. The molecule has 7 heteroatoms. The van der Waals surface area contributed by atoms with E-state index in [0.29, 0.717) is 5.75 Å². The number of aliphatic carboxylic acids is 1. The van der Waals surface area contributed by atoms with Crippen LogP contribution >= 0.6 is 27.7 Å². The molecule has 0 fully saturated rings. The van der Waals surface area contributed by atoms with Crippen LogP contribution in [0, 0.1) is 0 Å². The van der Waals surface area contributed by atoms with Crippen molar-refractivity contribution in [2.45, 2.75) is 44.6 Å². The fourth-order valence-corrected chi connectivity index (χ4v) is 3.25. The number of nitrogens with one attached hydrogen (secondary N) is 1. The molecule has 1 aromatic carbocycles. The minimum absolute atomic E-state index is 0.230. The first-order valence-electron chi connectivity index (χ1n) is 7.08. The molecule has 0 spiro atoms. The summed E-state index contributed by atoms with van der Waals surface area (Å²) in [6.45, 7) is 6.67. The molecule has 1 aromatic rings. The minimum Gasteiger partial charge on any atom is -0.479 e. The number of benzene rings is 1. The summed E-state index contributed by atoms with van der Waals surface area (Å²) in [6, 6.07) is 7.80. The van der Waals surface area contributed by atoms with Crippen LogP contribution in [0.1, 0.15) is 33.3 Å². The van der Waals surface area contributed by atoms with Crippen LogP contribution in [0.15, 0.2) is 28.7 Å². The summed E-state index contributed by atoms with van der Waals surface area (Å²) in [5, 5.41) is 11.9. The quantitative estimate of drug-likeness (QED) is 0.748. The Hall–Kier alpha value is -1.21. The average Bonchev–Trinajstić information content (AvgIpc) is 2.36. The Bertz CT molecular complexity index is 573. The van der Waals surface area contributed by atoms with Crippen molar-refractivity contribution in [2.24, 2.45) is 0 Å². The Morgan fingerprint density at radius 1 is 1.30 bits per heavy atom. The molecular formula is C16H22BrNO4S. The maximum absolute atomic E-state index is 11.8. The maximum atomic E-state index is 11.8. The number of carboxylic acid groups (broad SMARTS) is 1. The molecule has 1 amide bonds. The van der Waals surface area contributed by atoms with E-state index in [4.69, 9.17) is 4.74 Å². The molecule has 0 aliphatic carbocycles. The Kier molecular flexibility index (Phi) is 6.95. The monoisotopic (exact) mass is 403 g/mol. The zero-order valence-electron chi connectivity index (χ0n) is 13.7. The lowest BCUT2D eigenvalue weighted by atomic mass is 10.1. The third-order valence-corrected chi connectivity index (χ3v) is 4.61. The van der Waals surface area contributed by atoms with E-state index >= 15 is 0 Å². The topological polar surface area (TPSA) is 75.6 Å². The number of hydrogen-bond acceptors (Lipinski definition) is 4. The van der Waals surface area contributed by atoms with Crippen molar-refractivity contribution in [2.75, 3.05) is 5.75 Å². The second-order valence-electron chi connectivity index (χ2n) is 6.39. The summed E-state index contributed by atoms with van der Waals surface area (Å²) in [7, 11) is 0. The van der Waals surface area contributed by atoms with E-state index < -0.39 is 23.2 Å². The number of rotatable bonds is 6. The van der Waals surface area contributed by atoms with Gasteiger partial charge in [-0.15, -0.1) is 0 Å². The van der Waals surface area contributed by atoms with Crippen LogP contribution in [0.25, 0.3) is 0 Å². The number of alkyl carbamates (subject to hydrolysis) is 1. The molecule has 0 aliphatic heterocycles. The van der Waals surface area contributed by atoms with Crippen LogP contribution in [0.3, 0.4) is 0 Å². The first-order valence-corrected chi connectivity index (χ1v) is 9.03. The Balaban J connectivity index is 2.63. The van der Waals surface area contributed by atoms with E-state index in [2.05, 4.69) is 21.2 Å². The van der Waals surface area contributed by atoms with Gasteiger partial charge in [-0.3, -0.25) is 0 Å². The summed E-state index contributed by atoms with van der Waals surface area (Å²) in [6.07, 6.45) is -0.731. The first-order chi connectivity index (χ1) is 10.5. The molecule has 1 atom stereocenters. The Morgan fingerprint density at radius 3 is 2.48 bits per heavy atom. The highest BCUT2D eigenvalue weighted by Gasteiger charge is 2.36. The molecule has 0 saturated carbocycles. The van der Waals surface area contributed by atoms with Crippen LogP contribution in [0.5, 0.6) is 0 Å². The normalized spacial score (nSPS) is 14.0. The predicted molar refractivity (Wildman–Crippen MR) is 95.7 cm³/mol. The molecule has 5 nitrogen and oxygen atoms in total. The van der Waals surface area contributed by atoms with Crippen LogP contribution in [-0.4, -0.2) is 34.1 Å². The van der Waals surface area contributed by atoms with Crippen molar-refractivity contribution < 1.29 is 19.4 Å². The second kappa shape index (κ2) is 8.06. The van der Waals surface area contributed by atoms with Crippen LogP contribution < -0.4 is 5.32 Å². The van der Waals surface area contributed by atoms with Crippen LogP contribution in [0.4, 0.5) is 4.79 Å². The predicted octanol–water partition coefficient (Wildman–Crippen LogP) is 4.05. The van der Waals surface area contributed by atoms with Gasteiger partial charge in [-0.05, 0) is 45.4 Å². The van der Waals surface area contributed by atoms with Crippen molar-refractivity contribution >= 4 is 39.8 Å². The summed E-state index contributed by atoms with van der Waals surface area (Å²) in [4.78, 5) is 23.4. The molecule has 0 radical (unpaired) electrons. The molecular weight excluding hydrogens is 382 g/mol. The highest BCUT2D eigenvalue weighted by molar-refractivity contribution is 9.10. The Morgan fingerprint density at radius 2 is 1.96 bits per heavy atom. The minimum atomic E-state index is -1.39. The van der Waals surface area contributed by atoms with E-state index in [-0.39, 0.29) is 5.75 Å². The third kappa shape index (κ3) is 7.26. The number of halogens is 1. The van der Waals surface area contributed by atoms with Gasteiger partial charge in [0.1, 0.15) is 11.1 Å². The lowest BCUT2D eigenvalue weighted by Crippen LogP contribution is -2.55. The second-order valence-corrected chi connectivity index (χ2v) is 8.29. The van der Waals surface area contributed by atoms with E-state index in [1.807, 2.05) is 24.3 Å². The molecule has 2 N–H and O–H groups in total. The van der Waals surface area contributed by atoms with Crippen LogP contribution in [-0.2, 0) is 15.3 Å². The molecule has 128 valence electrons. The number of amides is 1. The molecule has 0 aliphatic rings. The number of carboxylic acids is 1. The van der Waals surface area contributed by atoms with Gasteiger partial charge in [0, 0.05) is 16.0 Å². The van der Waals surface area contributed by atoms with Crippen molar-refractivity contribution in [3.05, 3.63) is 34.3 Å². The zero-order chi connectivity index (χ0) is 17.7. The van der Waals surface area contributed by atoms with Gasteiger partial charge < -0.3 is 15.2 Å². The van der Waals surface area contributed by atoms with E-state index in [1.54, 1.807) is 20.8 Å². The molecule has 0 unspecified atom stereocenters.